The zero-order valence-corrected chi connectivity index (χ0v) is 9.07. The Labute approximate surface area is 73.4 Å². The first-order valence-corrected chi connectivity index (χ1v) is 4.26. The molecule has 0 rings (SSSR count). The molecular weight excluding hydrogens is 178 g/mol. The number of amides is 1. The molecule has 0 aromatic heterocycles. The highest BCUT2D eigenvalue weighted by Gasteiger charge is 2.11. The third-order valence-electron chi connectivity index (χ3n) is 0.918. The van der Waals surface area contributed by atoms with Crippen LogP contribution in [0.5, 0.6) is 0 Å². The van der Waals surface area contributed by atoms with Crippen LogP contribution in [-0.4, -0.2) is 33.8 Å². The predicted octanol–water partition coefficient (Wildman–Crippen LogP) is -0.631. The summed E-state index contributed by atoms with van der Waals surface area (Å²) >= 11 is 0. The van der Waals surface area contributed by atoms with Gasteiger partial charge in [-0.2, -0.15) is 4.73 Å². The fraction of sp³-hybridized carbons (Fsp3) is 0.333. The Hall–Kier alpha value is -1.30. The van der Waals surface area contributed by atoms with Crippen molar-refractivity contribution in [3.63, 3.8) is 0 Å². The molecule has 0 N–H and O–H groups in total. The van der Waals surface area contributed by atoms with Crippen LogP contribution in [0.4, 0.5) is 4.79 Å². The average molecular weight is 189 g/mol. The number of hydrogen-bond acceptors (Lipinski definition) is 4. The van der Waals surface area contributed by atoms with E-state index in [-0.39, 0.29) is 17.0 Å². The van der Waals surface area contributed by atoms with Gasteiger partial charge in [0.2, 0.25) is 0 Å². The van der Waals surface area contributed by atoms with Crippen LogP contribution in [0.15, 0.2) is 12.7 Å². The molecule has 68 valence electrons. The molecule has 0 saturated heterocycles. The monoisotopic (exact) mass is 189 g/mol. The molecule has 0 unspecified atom stereocenters. The highest BCUT2D eigenvalue weighted by Crippen LogP contribution is 1.91. The van der Waals surface area contributed by atoms with Crippen molar-refractivity contribution in [1.29, 1.82) is 0 Å². The van der Waals surface area contributed by atoms with Crippen molar-refractivity contribution in [2.24, 2.45) is 0 Å². The molecule has 0 aliphatic carbocycles. The fourth-order valence-corrected chi connectivity index (χ4v) is 0.733. The van der Waals surface area contributed by atoms with E-state index in [1.165, 1.54) is 0 Å². The molecule has 0 bridgehead atoms. The van der Waals surface area contributed by atoms with E-state index in [4.69, 9.17) is 0 Å². The van der Waals surface area contributed by atoms with E-state index in [0.717, 1.165) is 10.8 Å². The lowest BCUT2D eigenvalue weighted by atomic mass is 10.7. The fourth-order valence-electron chi connectivity index (χ4n) is 0.424. The van der Waals surface area contributed by atoms with E-state index < -0.39 is 12.1 Å². The molecule has 0 aromatic carbocycles. The lowest BCUT2D eigenvalue weighted by Crippen LogP contribution is -2.31. The minimum atomic E-state index is -0.668. The van der Waals surface area contributed by atoms with Gasteiger partial charge in [0.05, 0.1) is 6.61 Å². The molecule has 0 radical (unpaired) electrons. The lowest BCUT2D eigenvalue weighted by Gasteiger charge is -2.14. The molecule has 0 atom stereocenters. The number of hydrogen-bond donors (Lipinski definition) is 0. The maximum atomic E-state index is 10.8. The summed E-state index contributed by atoms with van der Waals surface area (Å²) in [4.78, 5) is 25.9. The van der Waals surface area contributed by atoms with Crippen molar-refractivity contribution in [1.82, 2.24) is 4.73 Å². The highest BCUT2D eigenvalue weighted by atomic mass is 28.2. The molecule has 5 nitrogen and oxygen atoms in total. The lowest BCUT2D eigenvalue weighted by molar-refractivity contribution is -0.158. The van der Waals surface area contributed by atoms with Gasteiger partial charge >= 0.3 is 12.1 Å². The van der Waals surface area contributed by atoms with Crippen LogP contribution in [0.25, 0.3) is 0 Å². The third-order valence-corrected chi connectivity index (χ3v) is 1.47. The smallest absolute Gasteiger partial charge is 0.433 e. The molecule has 6 heteroatoms. The van der Waals surface area contributed by atoms with Gasteiger partial charge in [-0.05, 0) is 6.92 Å². The van der Waals surface area contributed by atoms with Gasteiger partial charge in [-0.1, -0.05) is 6.58 Å². The molecule has 0 saturated carbocycles. The second-order valence-electron chi connectivity index (χ2n) is 1.81. The van der Waals surface area contributed by atoms with E-state index in [9.17, 15) is 9.59 Å². The number of carbonyl (C=O) groups excluding carboxylic acids is 2. The molecule has 0 fully saturated rings. The van der Waals surface area contributed by atoms with E-state index >= 15 is 0 Å². The Bertz CT molecular complexity index is 194. The van der Waals surface area contributed by atoms with E-state index in [2.05, 4.69) is 16.2 Å². The maximum Gasteiger partial charge on any atom is 0.433 e. The number of nitrogens with zero attached hydrogens (tertiary/aromatic N) is 1. The van der Waals surface area contributed by atoms with E-state index in [1.54, 1.807) is 6.92 Å². The molecular formula is C6H11NO4Si. The SMILES string of the molecule is C=CC(=O)ON([SiH3])C(=O)OCC. The van der Waals surface area contributed by atoms with Gasteiger partial charge in [0.25, 0.3) is 0 Å². The van der Waals surface area contributed by atoms with Crippen LogP contribution in [0.1, 0.15) is 6.92 Å². The summed E-state index contributed by atoms with van der Waals surface area (Å²) in [7, 11) is 0.258. The van der Waals surface area contributed by atoms with Gasteiger partial charge in [0, 0.05) is 6.08 Å². The summed E-state index contributed by atoms with van der Waals surface area (Å²) < 4.78 is 5.40. The van der Waals surface area contributed by atoms with Gasteiger partial charge in [-0.25, -0.2) is 9.59 Å². The Morgan fingerprint density at radius 1 is 1.67 bits per heavy atom. The standard InChI is InChI=1S/C6H11NO4Si/c1-3-5(8)11-7(12)6(9)10-4-2/h3H,1,4H2,2,12H3. The minimum absolute atomic E-state index is 0.253. The second-order valence-corrected chi connectivity index (χ2v) is 2.62. The van der Waals surface area contributed by atoms with Crippen molar-refractivity contribution in [2.75, 3.05) is 6.61 Å². The Morgan fingerprint density at radius 3 is 2.67 bits per heavy atom. The van der Waals surface area contributed by atoms with Crippen molar-refractivity contribution in [3.8, 4) is 0 Å². The van der Waals surface area contributed by atoms with Crippen LogP contribution in [0, 0.1) is 0 Å². The van der Waals surface area contributed by atoms with Crippen molar-refractivity contribution in [2.45, 2.75) is 6.92 Å². The Morgan fingerprint density at radius 2 is 2.25 bits per heavy atom. The maximum absolute atomic E-state index is 10.8. The van der Waals surface area contributed by atoms with Crippen molar-refractivity contribution in [3.05, 3.63) is 12.7 Å². The van der Waals surface area contributed by atoms with Gasteiger partial charge in [0.15, 0.2) is 10.4 Å². The third kappa shape index (κ3) is 3.77. The summed E-state index contributed by atoms with van der Waals surface area (Å²) in [6.45, 7) is 5.10. The van der Waals surface area contributed by atoms with Gasteiger partial charge < -0.3 is 9.57 Å². The first-order chi connectivity index (χ1) is 5.61. The van der Waals surface area contributed by atoms with E-state index in [0.29, 0.717) is 0 Å². The predicted molar refractivity (Wildman–Crippen MR) is 45.1 cm³/mol. The van der Waals surface area contributed by atoms with Gasteiger partial charge in [-0.3, -0.25) is 0 Å². The largest absolute Gasteiger partial charge is 0.448 e. The van der Waals surface area contributed by atoms with Crippen molar-refractivity contribution >= 4 is 22.5 Å². The van der Waals surface area contributed by atoms with Crippen LogP contribution in [0.2, 0.25) is 0 Å². The van der Waals surface area contributed by atoms with Gasteiger partial charge in [-0.15, -0.1) is 0 Å². The molecule has 0 aromatic rings. The van der Waals surface area contributed by atoms with Gasteiger partial charge in [0.1, 0.15) is 0 Å². The van der Waals surface area contributed by atoms with Crippen molar-refractivity contribution < 1.29 is 19.2 Å². The summed E-state index contributed by atoms with van der Waals surface area (Å²) in [6.07, 6.45) is 0.323. The highest BCUT2D eigenvalue weighted by molar-refractivity contribution is 6.12. The molecule has 0 heterocycles. The Kier molecular flexibility index (Phi) is 4.78. The minimum Gasteiger partial charge on any atom is -0.448 e. The van der Waals surface area contributed by atoms with E-state index in [1.807, 2.05) is 0 Å². The van der Waals surface area contributed by atoms with Crippen LogP contribution >= 0.6 is 0 Å². The molecule has 1 amide bonds. The average Bonchev–Trinajstić information content (AvgIpc) is 2.04. The molecule has 0 aliphatic rings. The number of ether oxygens (including phenoxy) is 1. The Balaban J connectivity index is 3.85. The molecule has 0 spiro atoms. The number of rotatable bonds is 2. The zero-order chi connectivity index (χ0) is 9.56. The number of carbonyl (C=O) groups is 2. The molecule has 12 heavy (non-hydrogen) atoms. The normalized spacial score (nSPS) is 8.75. The number of hydroxylamine groups is 1. The summed E-state index contributed by atoms with van der Waals surface area (Å²) in [6, 6.07) is 0. The second kappa shape index (κ2) is 5.36. The van der Waals surface area contributed by atoms with Crippen LogP contribution < -0.4 is 0 Å². The zero-order valence-electron chi connectivity index (χ0n) is 7.07. The van der Waals surface area contributed by atoms with Crippen LogP contribution in [-0.2, 0) is 14.4 Å². The quantitative estimate of drug-likeness (QED) is 0.330. The molecule has 0 aliphatic heterocycles. The topological polar surface area (TPSA) is 55.8 Å². The summed E-state index contributed by atoms with van der Waals surface area (Å²) in [5.41, 5.74) is 0. The summed E-state index contributed by atoms with van der Waals surface area (Å²) in [5, 5.41) is 0. The first kappa shape index (κ1) is 10.7. The first-order valence-electron chi connectivity index (χ1n) is 3.36. The van der Waals surface area contributed by atoms with Crippen LogP contribution in [0.3, 0.4) is 0 Å². The summed E-state index contributed by atoms with van der Waals surface area (Å²) in [5.74, 6) is -0.668.